The van der Waals surface area contributed by atoms with E-state index < -0.39 is 0 Å². The second-order valence-electron chi connectivity index (χ2n) is 14.3. The average Bonchev–Trinajstić information content (AvgIpc) is 3.86. The summed E-state index contributed by atoms with van der Waals surface area (Å²) in [5.74, 6) is 2.80. The smallest absolute Gasteiger partial charge is 0.229 e. The minimum atomic E-state index is 0.216. The van der Waals surface area contributed by atoms with Gasteiger partial charge in [-0.1, -0.05) is 152 Å². The molecule has 0 spiro atoms. The largest absolute Gasteiger partial charge is 0.436 e. The fraction of sp³-hybridized carbons (Fsp3) is 0.0400. The van der Waals surface area contributed by atoms with Crippen LogP contribution in [0.25, 0.3) is 89.8 Å². The zero-order valence-corrected chi connectivity index (χ0v) is 30.2. The molecule has 6 aromatic carbocycles. The number of aromatic nitrogens is 5. The molecule has 3 aromatic heterocycles. The van der Waals surface area contributed by atoms with E-state index in [9.17, 15) is 0 Å². The van der Waals surface area contributed by atoms with Gasteiger partial charge in [0, 0.05) is 39.1 Å². The molecule has 0 saturated heterocycles. The zero-order valence-electron chi connectivity index (χ0n) is 30.2. The highest BCUT2D eigenvalue weighted by Gasteiger charge is 2.25. The van der Waals surface area contributed by atoms with Gasteiger partial charge >= 0.3 is 0 Å². The first-order valence-electron chi connectivity index (χ1n) is 18.9. The van der Waals surface area contributed by atoms with Crippen molar-refractivity contribution in [2.75, 3.05) is 0 Å². The standard InChI is InChI=1S/C50H33N5O/c1-3-12-34(13-4-1)47-52-48(35-14-5-2-6-15-35)54-49(53-47)36-25-22-32(23-26-36)37-27-24-33-28-29-39(31-38(33)30-37)55-44-20-9-7-16-40(44)41-17-11-18-42(46(41)55)50-51-43-19-8-10-21-45(43)56-50/h1-29,31,38H,30H2. The molecule has 0 radical (unpaired) electrons. The molecule has 2 aliphatic rings. The third-order valence-corrected chi connectivity index (χ3v) is 10.9. The minimum Gasteiger partial charge on any atom is -0.436 e. The van der Waals surface area contributed by atoms with E-state index in [1.807, 2.05) is 84.9 Å². The molecule has 1 atom stereocenters. The van der Waals surface area contributed by atoms with E-state index in [4.69, 9.17) is 24.4 Å². The lowest BCUT2D eigenvalue weighted by Crippen LogP contribution is -2.11. The molecule has 6 nitrogen and oxygen atoms in total. The second-order valence-corrected chi connectivity index (χ2v) is 14.3. The summed E-state index contributed by atoms with van der Waals surface area (Å²) in [6.45, 7) is 0. The second kappa shape index (κ2) is 13.1. The molecule has 2 aliphatic carbocycles. The van der Waals surface area contributed by atoms with Crippen LogP contribution < -0.4 is 0 Å². The van der Waals surface area contributed by atoms with E-state index in [2.05, 4.69) is 102 Å². The molecule has 0 fully saturated rings. The number of fused-ring (bicyclic) bond motifs is 5. The van der Waals surface area contributed by atoms with Crippen molar-refractivity contribution in [3.8, 4) is 45.6 Å². The van der Waals surface area contributed by atoms with E-state index in [1.54, 1.807) is 0 Å². The van der Waals surface area contributed by atoms with Gasteiger partial charge in [-0.25, -0.2) is 19.9 Å². The van der Waals surface area contributed by atoms with Crippen LogP contribution in [0.4, 0.5) is 0 Å². The van der Waals surface area contributed by atoms with Crippen LogP contribution in [0.15, 0.2) is 192 Å². The molecule has 1 unspecified atom stereocenters. The Morgan fingerprint density at radius 1 is 0.518 bits per heavy atom. The number of allylic oxidation sites excluding steroid dienone is 8. The maximum Gasteiger partial charge on any atom is 0.229 e. The summed E-state index contributed by atoms with van der Waals surface area (Å²) in [7, 11) is 0. The highest BCUT2D eigenvalue weighted by Crippen LogP contribution is 2.42. The van der Waals surface area contributed by atoms with Gasteiger partial charge in [-0.2, -0.15) is 0 Å². The molecule has 3 heterocycles. The van der Waals surface area contributed by atoms with Crippen LogP contribution in [0.2, 0.25) is 0 Å². The first-order chi connectivity index (χ1) is 27.7. The van der Waals surface area contributed by atoms with Crippen molar-refractivity contribution in [3.05, 3.63) is 193 Å². The van der Waals surface area contributed by atoms with Crippen LogP contribution in [0.1, 0.15) is 12.0 Å². The Bertz CT molecular complexity index is 3000. The number of nitrogens with zero attached hydrogens (tertiary/aromatic N) is 5. The van der Waals surface area contributed by atoms with Gasteiger partial charge in [0.25, 0.3) is 0 Å². The van der Waals surface area contributed by atoms with Crippen molar-refractivity contribution < 1.29 is 4.42 Å². The third kappa shape index (κ3) is 5.50. The van der Waals surface area contributed by atoms with Crippen molar-refractivity contribution in [2.45, 2.75) is 6.42 Å². The molecule has 56 heavy (non-hydrogen) atoms. The predicted molar refractivity (Wildman–Crippen MR) is 226 cm³/mol. The van der Waals surface area contributed by atoms with Crippen molar-refractivity contribution >= 4 is 44.2 Å². The summed E-state index contributed by atoms with van der Waals surface area (Å²) in [5, 5.41) is 2.37. The molecule has 9 aromatic rings. The Morgan fingerprint density at radius 3 is 1.88 bits per heavy atom. The van der Waals surface area contributed by atoms with Gasteiger partial charge in [-0.05, 0) is 53.5 Å². The summed E-state index contributed by atoms with van der Waals surface area (Å²) in [5.41, 5.74) is 12.6. The molecule has 0 amide bonds. The van der Waals surface area contributed by atoms with Gasteiger partial charge in [-0.3, -0.25) is 0 Å². The summed E-state index contributed by atoms with van der Waals surface area (Å²) < 4.78 is 8.73. The minimum absolute atomic E-state index is 0.216. The van der Waals surface area contributed by atoms with Crippen LogP contribution in [-0.4, -0.2) is 24.5 Å². The van der Waals surface area contributed by atoms with Crippen LogP contribution in [0, 0.1) is 5.92 Å². The number of rotatable bonds is 6. The lowest BCUT2D eigenvalue weighted by atomic mass is 9.81. The maximum absolute atomic E-state index is 6.35. The normalized spacial score (nSPS) is 15.1. The SMILES string of the molecule is C1=CC(n2c3ccccc3c3cccc(-c4nc5ccccc5o4)c32)=CC2CC(c3ccc(-c4nc(-c5ccccc5)nc(-c5ccccc5)n4)cc3)=CC=C12. The van der Waals surface area contributed by atoms with Gasteiger partial charge in [-0.15, -0.1) is 0 Å². The number of oxazole rings is 1. The molecule has 6 heteroatoms. The molecule has 0 aliphatic heterocycles. The Balaban J connectivity index is 0.942. The Labute approximate surface area is 323 Å². The molecule has 11 rings (SSSR count). The molecule has 0 N–H and O–H groups in total. The van der Waals surface area contributed by atoms with Crippen molar-refractivity contribution in [2.24, 2.45) is 5.92 Å². The highest BCUT2D eigenvalue weighted by atomic mass is 16.3. The molecule has 0 bridgehead atoms. The molecular formula is C50H33N5O. The van der Waals surface area contributed by atoms with Gasteiger partial charge in [0.2, 0.25) is 5.89 Å². The summed E-state index contributed by atoms with van der Waals surface area (Å²) >= 11 is 0. The van der Waals surface area contributed by atoms with Crippen LogP contribution in [0.5, 0.6) is 0 Å². The Morgan fingerprint density at radius 2 is 1.14 bits per heavy atom. The summed E-state index contributed by atoms with van der Waals surface area (Å²) in [4.78, 5) is 19.6. The first kappa shape index (κ1) is 32.0. The van der Waals surface area contributed by atoms with Crippen molar-refractivity contribution in [1.82, 2.24) is 24.5 Å². The average molecular weight is 720 g/mol. The van der Waals surface area contributed by atoms with E-state index in [-0.39, 0.29) is 5.92 Å². The Kier molecular flexibility index (Phi) is 7.52. The quantitative estimate of drug-likeness (QED) is 0.171. The van der Waals surface area contributed by atoms with E-state index in [1.165, 1.54) is 27.5 Å². The van der Waals surface area contributed by atoms with Crippen molar-refractivity contribution in [1.29, 1.82) is 0 Å². The lowest BCUT2D eigenvalue weighted by molar-refractivity contribution is 0.620. The van der Waals surface area contributed by atoms with Gasteiger partial charge in [0.15, 0.2) is 23.1 Å². The van der Waals surface area contributed by atoms with Crippen LogP contribution >= 0.6 is 0 Å². The molecule has 0 saturated carbocycles. The van der Waals surface area contributed by atoms with Gasteiger partial charge in [0.05, 0.1) is 16.6 Å². The van der Waals surface area contributed by atoms with E-state index >= 15 is 0 Å². The fourth-order valence-corrected chi connectivity index (χ4v) is 8.10. The third-order valence-electron chi connectivity index (χ3n) is 10.9. The monoisotopic (exact) mass is 719 g/mol. The molecule has 264 valence electrons. The van der Waals surface area contributed by atoms with E-state index in [0.717, 1.165) is 56.5 Å². The number of hydrogen-bond donors (Lipinski definition) is 0. The molecular weight excluding hydrogens is 687 g/mol. The van der Waals surface area contributed by atoms with Crippen LogP contribution in [-0.2, 0) is 0 Å². The summed E-state index contributed by atoms with van der Waals surface area (Å²) in [6.07, 6.45) is 12.3. The Hall–Kier alpha value is -7.44. The topological polar surface area (TPSA) is 69.6 Å². The number of hydrogen-bond acceptors (Lipinski definition) is 5. The first-order valence-corrected chi connectivity index (χ1v) is 18.9. The summed E-state index contributed by atoms with van der Waals surface area (Å²) in [6, 6.07) is 51.8. The van der Waals surface area contributed by atoms with E-state index in [0.29, 0.717) is 23.4 Å². The van der Waals surface area contributed by atoms with Gasteiger partial charge < -0.3 is 8.98 Å². The lowest BCUT2D eigenvalue weighted by Gasteiger charge is -2.26. The van der Waals surface area contributed by atoms with Crippen molar-refractivity contribution in [3.63, 3.8) is 0 Å². The highest BCUT2D eigenvalue weighted by molar-refractivity contribution is 6.14. The zero-order chi connectivity index (χ0) is 37.0. The predicted octanol–water partition coefficient (Wildman–Crippen LogP) is 12.2. The maximum atomic E-state index is 6.35. The number of para-hydroxylation sites is 4. The van der Waals surface area contributed by atoms with Crippen LogP contribution in [0.3, 0.4) is 0 Å². The van der Waals surface area contributed by atoms with Gasteiger partial charge in [0.1, 0.15) is 5.52 Å². The number of benzene rings is 6. The fourth-order valence-electron chi connectivity index (χ4n) is 8.10.